The minimum Gasteiger partial charge on any atom is -0.495 e. The van der Waals surface area contributed by atoms with Gasteiger partial charge in [-0.05, 0) is 56.7 Å². The van der Waals surface area contributed by atoms with Crippen molar-refractivity contribution in [1.82, 2.24) is 9.97 Å². The number of ether oxygens (including phenoxy) is 1. The van der Waals surface area contributed by atoms with E-state index in [4.69, 9.17) is 4.74 Å². The Balaban J connectivity index is 1.46. The number of rotatable bonds is 8. The van der Waals surface area contributed by atoms with Gasteiger partial charge >= 0.3 is 0 Å². The molecule has 2 aromatic rings. The third-order valence-corrected chi connectivity index (χ3v) is 5.36. The summed E-state index contributed by atoms with van der Waals surface area (Å²) in [4.78, 5) is 23.4. The summed E-state index contributed by atoms with van der Waals surface area (Å²) in [5.41, 5.74) is 1.84. The molecule has 3 rings (SSSR count). The molecule has 1 fully saturated rings. The van der Waals surface area contributed by atoms with E-state index < -0.39 is 0 Å². The fourth-order valence-corrected chi connectivity index (χ4v) is 3.72. The number of aromatic nitrogens is 2. The van der Waals surface area contributed by atoms with Gasteiger partial charge in [-0.2, -0.15) is 0 Å². The maximum Gasteiger partial charge on any atom is 0.224 e. The normalized spacial score (nSPS) is 14.5. The Hall–Kier alpha value is -2.83. The summed E-state index contributed by atoms with van der Waals surface area (Å²) >= 11 is 0. The monoisotopic (exact) mass is 397 g/mol. The van der Waals surface area contributed by atoms with Crippen LogP contribution in [0.4, 0.5) is 17.3 Å². The summed E-state index contributed by atoms with van der Waals surface area (Å²) in [5.74, 6) is 3.13. The Kier molecular flexibility index (Phi) is 7.27. The lowest BCUT2D eigenvalue weighted by Gasteiger charge is -2.32. The van der Waals surface area contributed by atoms with E-state index in [1.165, 1.54) is 0 Å². The first-order valence-electron chi connectivity index (χ1n) is 10.3. The third-order valence-electron chi connectivity index (χ3n) is 5.36. The first-order chi connectivity index (χ1) is 14.1. The Morgan fingerprint density at radius 3 is 2.76 bits per heavy atom. The quantitative estimate of drug-likeness (QED) is 0.704. The van der Waals surface area contributed by atoms with Crippen molar-refractivity contribution in [3.63, 3.8) is 0 Å². The molecule has 1 amide bonds. The molecule has 0 atom stereocenters. The predicted octanol–water partition coefficient (Wildman–Crippen LogP) is 3.86. The highest BCUT2D eigenvalue weighted by Gasteiger charge is 2.21. The number of piperidine rings is 1. The topological polar surface area (TPSA) is 79.4 Å². The minimum atomic E-state index is 0.0439. The van der Waals surface area contributed by atoms with E-state index in [9.17, 15) is 4.79 Å². The van der Waals surface area contributed by atoms with Gasteiger partial charge in [0, 0.05) is 32.1 Å². The fraction of sp³-hybridized carbons (Fsp3) is 0.500. The number of anilines is 3. The zero-order chi connectivity index (χ0) is 20.6. The lowest BCUT2D eigenvalue weighted by Crippen LogP contribution is -2.34. The number of hydrogen-bond donors (Lipinski definition) is 2. The molecule has 1 aromatic heterocycles. The van der Waals surface area contributed by atoms with E-state index in [-0.39, 0.29) is 5.91 Å². The number of benzene rings is 1. The van der Waals surface area contributed by atoms with E-state index in [0.29, 0.717) is 18.1 Å². The van der Waals surface area contributed by atoms with Gasteiger partial charge in [0.15, 0.2) is 0 Å². The number of carbonyl (C=O) groups excluding carboxylic acids is 1. The van der Waals surface area contributed by atoms with Crippen molar-refractivity contribution in [2.75, 3.05) is 42.3 Å². The van der Waals surface area contributed by atoms with E-state index in [2.05, 4.69) is 32.4 Å². The molecule has 29 heavy (non-hydrogen) atoms. The van der Waals surface area contributed by atoms with E-state index in [1.54, 1.807) is 13.4 Å². The molecule has 156 valence electrons. The summed E-state index contributed by atoms with van der Waals surface area (Å²) in [6, 6.07) is 7.81. The number of carbonyl (C=O) groups is 1. The van der Waals surface area contributed by atoms with Gasteiger partial charge in [0.05, 0.1) is 12.8 Å². The van der Waals surface area contributed by atoms with Crippen LogP contribution < -0.4 is 20.3 Å². The molecule has 2 N–H and O–H groups in total. The van der Waals surface area contributed by atoms with Crippen molar-refractivity contribution in [2.24, 2.45) is 5.92 Å². The predicted molar refractivity (Wildman–Crippen MR) is 117 cm³/mol. The molecule has 1 aromatic carbocycles. The molecule has 1 saturated heterocycles. The summed E-state index contributed by atoms with van der Waals surface area (Å²) in [5, 5.41) is 6.23. The van der Waals surface area contributed by atoms with Gasteiger partial charge in [-0.3, -0.25) is 4.79 Å². The second-order valence-electron chi connectivity index (χ2n) is 7.51. The fourth-order valence-electron chi connectivity index (χ4n) is 3.72. The summed E-state index contributed by atoms with van der Waals surface area (Å²) in [6.45, 7) is 6.82. The second kappa shape index (κ2) is 10.1. The van der Waals surface area contributed by atoms with Crippen molar-refractivity contribution < 1.29 is 9.53 Å². The van der Waals surface area contributed by atoms with Crippen LogP contribution in [0.25, 0.3) is 0 Å². The van der Waals surface area contributed by atoms with E-state index in [1.807, 2.05) is 31.2 Å². The molecule has 1 aliphatic rings. The van der Waals surface area contributed by atoms with E-state index in [0.717, 1.165) is 61.8 Å². The maximum absolute atomic E-state index is 12.4. The van der Waals surface area contributed by atoms with Crippen molar-refractivity contribution >= 4 is 23.2 Å². The van der Waals surface area contributed by atoms with Gasteiger partial charge in [0.1, 0.15) is 23.7 Å². The van der Waals surface area contributed by atoms with Crippen LogP contribution in [0.2, 0.25) is 0 Å². The van der Waals surface area contributed by atoms with Gasteiger partial charge in [0.2, 0.25) is 5.91 Å². The number of hydrogen-bond acceptors (Lipinski definition) is 6. The summed E-state index contributed by atoms with van der Waals surface area (Å²) in [6.07, 6.45) is 5.19. The molecule has 0 unspecified atom stereocenters. The average molecular weight is 398 g/mol. The molecular weight excluding hydrogens is 366 g/mol. The van der Waals surface area contributed by atoms with Gasteiger partial charge in [-0.25, -0.2) is 9.97 Å². The van der Waals surface area contributed by atoms with Crippen LogP contribution in [-0.4, -0.2) is 42.6 Å². The first kappa shape index (κ1) is 20.9. The zero-order valence-corrected chi connectivity index (χ0v) is 17.6. The molecule has 1 aliphatic heterocycles. The molecule has 0 bridgehead atoms. The molecule has 0 aliphatic carbocycles. The van der Waals surface area contributed by atoms with Crippen LogP contribution in [-0.2, 0) is 4.79 Å². The zero-order valence-electron chi connectivity index (χ0n) is 17.6. The molecule has 7 nitrogen and oxygen atoms in total. The molecule has 0 spiro atoms. The first-order valence-corrected chi connectivity index (χ1v) is 10.3. The minimum absolute atomic E-state index is 0.0439. The number of aryl methyl sites for hydroxylation is 1. The molecule has 0 saturated carbocycles. The van der Waals surface area contributed by atoms with Crippen molar-refractivity contribution in [1.29, 1.82) is 0 Å². The molecule has 0 radical (unpaired) electrons. The number of methoxy groups -OCH3 is 1. The van der Waals surface area contributed by atoms with Crippen molar-refractivity contribution in [3.8, 4) is 5.75 Å². The summed E-state index contributed by atoms with van der Waals surface area (Å²) in [7, 11) is 1.62. The number of nitrogens with zero attached hydrogens (tertiary/aromatic N) is 3. The SMILES string of the molecule is CCNc1cc(N2CCC(CCC(=O)Nc3cc(C)ccc3OC)CC2)ncn1. The molecular formula is C22H31N5O2. The average Bonchev–Trinajstić information content (AvgIpc) is 2.73. The largest absolute Gasteiger partial charge is 0.495 e. The summed E-state index contributed by atoms with van der Waals surface area (Å²) < 4.78 is 5.34. The third kappa shape index (κ3) is 5.82. The number of amides is 1. The Labute approximate surface area is 172 Å². The Bertz CT molecular complexity index is 819. The van der Waals surface area contributed by atoms with Crippen LogP contribution in [0, 0.1) is 12.8 Å². The van der Waals surface area contributed by atoms with Crippen LogP contribution in [0.5, 0.6) is 5.75 Å². The Morgan fingerprint density at radius 1 is 1.24 bits per heavy atom. The Morgan fingerprint density at radius 2 is 2.03 bits per heavy atom. The van der Waals surface area contributed by atoms with Crippen LogP contribution >= 0.6 is 0 Å². The number of nitrogens with one attached hydrogen (secondary N) is 2. The maximum atomic E-state index is 12.4. The van der Waals surface area contributed by atoms with Gasteiger partial charge < -0.3 is 20.3 Å². The molecule has 7 heteroatoms. The van der Waals surface area contributed by atoms with Crippen molar-refractivity contribution in [2.45, 2.75) is 39.5 Å². The van der Waals surface area contributed by atoms with Gasteiger partial charge in [-0.15, -0.1) is 0 Å². The lowest BCUT2D eigenvalue weighted by atomic mass is 9.92. The standard InChI is InChI=1S/C22H31N5O2/c1-4-23-20-14-21(25-15-24-20)27-11-9-17(10-12-27)6-8-22(28)26-18-13-16(2)5-7-19(18)29-3/h5,7,13-15,17H,4,6,8-12H2,1-3H3,(H,26,28)(H,23,24,25). The van der Waals surface area contributed by atoms with Crippen LogP contribution in [0.1, 0.15) is 38.2 Å². The highest BCUT2D eigenvalue weighted by atomic mass is 16.5. The highest BCUT2D eigenvalue weighted by Crippen LogP contribution is 2.28. The lowest BCUT2D eigenvalue weighted by molar-refractivity contribution is -0.116. The van der Waals surface area contributed by atoms with Crippen LogP contribution in [0.15, 0.2) is 30.6 Å². The van der Waals surface area contributed by atoms with Gasteiger partial charge in [0.25, 0.3) is 0 Å². The van der Waals surface area contributed by atoms with E-state index >= 15 is 0 Å². The molecule has 2 heterocycles. The highest BCUT2D eigenvalue weighted by molar-refractivity contribution is 5.92. The van der Waals surface area contributed by atoms with Gasteiger partial charge in [-0.1, -0.05) is 6.07 Å². The van der Waals surface area contributed by atoms with Crippen molar-refractivity contribution in [3.05, 3.63) is 36.2 Å². The second-order valence-corrected chi connectivity index (χ2v) is 7.51. The smallest absolute Gasteiger partial charge is 0.224 e. The van der Waals surface area contributed by atoms with Crippen LogP contribution in [0.3, 0.4) is 0 Å².